The molecule has 0 spiro atoms. The molecule has 0 aliphatic carbocycles. The molecule has 2 aromatic rings. The second-order valence-corrected chi connectivity index (χ2v) is 5.34. The number of piperidine rings is 1. The Morgan fingerprint density at radius 3 is 3.05 bits per heavy atom. The van der Waals surface area contributed by atoms with E-state index in [1.165, 1.54) is 4.40 Å². The van der Waals surface area contributed by atoms with Gasteiger partial charge < -0.3 is 20.3 Å². The predicted octanol–water partition coefficient (Wildman–Crippen LogP) is 1.20. The van der Waals surface area contributed by atoms with Gasteiger partial charge in [-0.15, -0.1) is 0 Å². The average molecular weight is 303 g/mol. The van der Waals surface area contributed by atoms with Gasteiger partial charge in [-0.05, 0) is 23.8 Å². The molecular formula is C14H17N5O3. The van der Waals surface area contributed by atoms with Crippen molar-refractivity contribution >= 4 is 23.2 Å². The first kappa shape index (κ1) is 14.3. The Morgan fingerprint density at radius 1 is 1.50 bits per heavy atom. The third-order valence-electron chi connectivity index (χ3n) is 4.00. The van der Waals surface area contributed by atoms with Crippen LogP contribution in [0.1, 0.15) is 12.8 Å². The number of nitro groups is 1. The van der Waals surface area contributed by atoms with Gasteiger partial charge in [-0.25, -0.2) is 0 Å². The lowest BCUT2D eigenvalue weighted by atomic mass is 9.97. The molecule has 1 unspecified atom stereocenters. The highest BCUT2D eigenvalue weighted by molar-refractivity contribution is 5.79. The molecule has 0 aromatic carbocycles. The van der Waals surface area contributed by atoms with Crippen molar-refractivity contribution in [2.24, 2.45) is 5.92 Å². The van der Waals surface area contributed by atoms with Gasteiger partial charge in [0.1, 0.15) is 0 Å². The molecule has 0 bridgehead atoms. The van der Waals surface area contributed by atoms with Crippen molar-refractivity contribution in [2.75, 3.05) is 25.0 Å². The molecule has 1 saturated heterocycles. The first-order valence-corrected chi connectivity index (χ1v) is 7.20. The number of anilines is 1. The van der Waals surface area contributed by atoms with E-state index in [0.29, 0.717) is 24.6 Å². The Hall–Kier alpha value is -2.64. The number of nitrogens with zero attached hydrogens (tertiary/aromatic N) is 4. The Labute approximate surface area is 126 Å². The molecule has 116 valence electrons. The van der Waals surface area contributed by atoms with E-state index in [-0.39, 0.29) is 17.6 Å². The van der Waals surface area contributed by atoms with Crippen LogP contribution in [-0.4, -0.2) is 40.4 Å². The lowest BCUT2D eigenvalue weighted by molar-refractivity contribution is -0.389. The minimum Gasteiger partial charge on any atom is -0.359 e. The van der Waals surface area contributed by atoms with E-state index < -0.39 is 4.92 Å². The molecule has 8 heteroatoms. The third kappa shape index (κ3) is 2.36. The minimum absolute atomic E-state index is 0.0314. The van der Waals surface area contributed by atoms with Crippen LogP contribution >= 0.6 is 0 Å². The van der Waals surface area contributed by atoms with E-state index in [4.69, 9.17) is 0 Å². The zero-order valence-electron chi connectivity index (χ0n) is 12.2. The van der Waals surface area contributed by atoms with Crippen LogP contribution in [0.3, 0.4) is 0 Å². The number of carbonyl (C=O) groups is 1. The van der Waals surface area contributed by atoms with E-state index in [1.54, 1.807) is 31.4 Å². The van der Waals surface area contributed by atoms with Gasteiger partial charge in [0.25, 0.3) is 0 Å². The van der Waals surface area contributed by atoms with Gasteiger partial charge in [0.05, 0.1) is 12.1 Å². The van der Waals surface area contributed by atoms with Gasteiger partial charge >= 0.3 is 5.82 Å². The third-order valence-corrected chi connectivity index (χ3v) is 4.00. The molecule has 1 N–H and O–H groups in total. The first-order chi connectivity index (χ1) is 10.6. The maximum atomic E-state index is 11.8. The monoisotopic (exact) mass is 303 g/mol. The second-order valence-electron chi connectivity index (χ2n) is 5.34. The maximum absolute atomic E-state index is 11.8. The van der Waals surface area contributed by atoms with Crippen molar-refractivity contribution in [3.05, 3.63) is 34.5 Å². The summed E-state index contributed by atoms with van der Waals surface area (Å²) in [6, 6.07) is 5.26. The lowest BCUT2D eigenvalue weighted by Crippen LogP contribution is -2.42. The van der Waals surface area contributed by atoms with Crippen LogP contribution in [0.2, 0.25) is 0 Å². The summed E-state index contributed by atoms with van der Waals surface area (Å²) in [6.45, 7) is 1.11. The number of rotatable bonds is 3. The molecule has 3 heterocycles. The highest BCUT2D eigenvalue weighted by atomic mass is 16.6. The van der Waals surface area contributed by atoms with E-state index in [9.17, 15) is 14.9 Å². The number of fused-ring (bicyclic) bond motifs is 1. The molecule has 0 radical (unpaired) electrons. The predicted molar refractivity (Wildman–Crippen MR) is 80.9 cm³/mol. The summed E-state index contributed by atoms with van der Waals surface area (Å²) in [5.74, 6) is 0.0947. The Balaban J connectivity index is 2.00. The molecule has 22 heavy (non-hydrogen) atoms. The van der Waals surface area contributed by atoms with Crippen LogP contribution in [0.5, 0.6) is 0 Å². The van der Waals surface area contributed by atoms with Gasteiger partial charge in [0.2, 0.25) is 17.4 Å². The smallest absolute Gasteiger partial charge is 0.359 e. The van der Waals surface area contributed by atoms with E-state index in [2.05, 4.69) is 10.3 Å². The molecule has 8 nitrogen and oxygen atoms in total. The summed E-state index contributed by atoms with van der Waals surface area (Å²) in [5.41, 5.74) is 0.534. The molecule has 1 fully saturated rings. The lowest BCUT2D eigenvalue weighted by Gasteiger charge is -2.31. The molecule has 0 saturated carbocycles. The van der Waals surface area contributed by atoms with Crippen molar-refractivity contribution in [1.82, 2.24) is 14.7 Å². The Kier molecular flexibility index (Phi) is 3.66. The van der Waals surface area contributed by atoms with Crippen LogP contribution in [0.15, 0.2) is 24.4 Å². The topological polar surface area (TPSA) is 92.8 Å². The van der Waals surface area contributed by atoms with Crippen molar-refractivity contribution in [2.45, 2.75) is 12.8 Å². The number of pyridine rings is 1. The van der Waals surface area contributed by atoms with Crippen molar-refractivity contribution < 1.29 is 9.72 Å². The molecule has 1 atom stereocenters. The van der Waals surface area contributed by atoms with Gasteiger partial charge in [0, 0.05) is 26.2 Å². The fraction of sp³-hybridized carbons (Fsp3) is 0.429. The minimum atomic E-state index is -0.418. The van der Waals surface area contributed by atoms with Crippen molar-refractivity contribution in [3.8, 4) is 0 Å². The standard InChI is InChI=1S/C14H17N5O3/c1-15-13(20)10-5-4-7-17(9-10)12-14(19(21)22)18-8-3-2-6-11(18)16-12/h2-3,6,8,10H,4-5,7,9H2,1H3,(H,15,20). The molecule has 1 aliphatic rings. The molecular weight excluding hydrogens is 286 g/mol. The summed E-state index contributed by atoms with van der Waals surface area (Å²) < 4.78 is 1.47. The second kappa shape index (κ2) is 5.63. The number of carbonyl (C=O) groups excluding carboxylic acids is 1. The van der Waals surface area contributed by atoms with Gasteiger partial charge in [-0.1, -0.05) is 6.07 Å². The fourth-order valence-electron chi connectivity index (χ4n) is 2.94. The zero-order valence-corrected chi connectivity index (χ0v) is 12.2. The SMILES string of the molecule is CNC(=O)C1CCCN(c2nc3ccccn3c2[N+](=O)[O-])C1. The molecule has 2 aromatic heterocycles. The van der Waals surface area contributed by atoms with Crippen LogP contribution < -0.4 is 10.2 Å². The fourth-order valence-corrected chi connectivity index (χ4v) is 2.94. The van der Waals surface area contributed by atoms with Crippen LogP contribution in [0.25, 0.3) is 5.65 Å². The number of nitrogens with one attached hydrogen (secondary N) is 1. The average Bonchev–Trinajstić information content (AvgIpc) is 2.94. The summed E-state index contributed by atoms with van der Waals surface area (Å²) in [4.78, 5) is 29.1. The van der Waals surface area contributed by atoms with E-state index in [0.717, 1.165) is 12.8 Å². The highest BCUT2D eigenvalue weighted by Gasteiger charge is 2.32. The molecule has 1 amide bonds. The number of aromatic nitrogens is 2. The molecule has 3 rings (SSSR count). The highest BCUT2D eigenvalue weighted by Crippen LogP contribution is 2.31. The van der Waals surface area contributed by atoms with Gasteiger partial charge in [-0.3, -0.25) is 4.79 Å². The number of imidazole rings is 1. The van der Waals surface area contributed by atoms with E-state index >= 15 is 0 Å². The summed E-state index contributed by atoms with van der Waals surface area (Å²) in [6.07, 6.45) is 3.23. The van der Waals surface area contributed by atoms with Crippen molar-refractivity contribution in [3.63, 3.8) is 0 Å². The normalized spacial score (nSPS) is 18.4. The first-order valence-electron chi connectivity index (χ1n) is 7.20. The molecule has 1 aliphatic heterocycles. The number of hydrogen-bond acceptors (Lipinski definition) is 5. The number of amides is 1. The largest absolute Gasteiger partial charge is 0.372 e. The Bertz CT molecular complexity index is 726. The van der Waals surface area contributed by atoms with Crippen LogP contribution in [-0.2, 0) is 4.79 Å². The Morgan fingerprint density at radius 2 is 2.32 bits per heavy atom. The van der Waals surface area contributed by atoms with Crippen LogP contribution in [0, 0.1) is 16.0 Å². The quantitative estimate of drug-likeness (QED) is 0.679. The number of hydrogen-bond donors (Lipinski definition) is 1. The van der Waals surface area contributed by atoms with Crippen molar-refractivity contribution in [1.29, 1.82) is 0 Å². The summed E-state index contributed by atoms with van der Waals surface area (Å²) in [5, 5.41) is 14.1. The van der Waals surface area contributed by atoms with E-state index in [1.807, 2.05) is 4.90 Å². The maximum Gasteiger partial charge on any atom is 0.372 e. The van der Waals surface area contributed by atoms with Gasteiger partial charge in [-0.2, -0.15) is 9.38 Å². The summed E-state index contributed by atoms with van der Waals surface area (Å²) in [7, 11) is 1.61. The summed E-state index contributed by atoms with van der Waals surface area (Å²) >= 11 is 0. The van der Waals surface area contributed by atoms with Gasteiger partial charge in [0.15, 0.2) is 0 Å². The van der Waals surface area contributed by atoms with Crippen LogP contribution in [0.4, 0.5) is 11.6 Å². The zero-order chi connectivity index (χ0) is 15.7.